The summed E-state index contributed by atoms with van der Waals surface area (Å²) in [5.41, 5.74) is 3.01. The minimum atomic E-state index is -3.33. The molecule has 1 aromatic heterocycles. The number of anilines is 2. The van der Waals surface area contributed by atoms with Gasteiger partial charge in [-0.05, 0) is 48.8 Å². The zero-order chi connectivity index (χ0) is 33.6. The van der Waals surface area contributed by atoms with Gasteiger partial charge in [0.15, 0.2) is 5.60 Å². The Kier molecular flexibility index (Phi) is 8.42. The molecule has 1 N–H and O–H groups in total. The zero-order valence-electron chi connectivity index (χ0n) is 27.3. The molecule has 0 aliphatic carbocycles. The van der Waals surface area contributed by atoms with Crippen LogP contribution in [0.1, 0.15) is 41.6 Å². The molecule has 2 fully saturated rings. The third-order valence-electron chi connectivity index (χ3n) is 10.2. The molecule has 1 spiro atoms. The summed E-state index contributed by atoms with van der Waals surface area (Å²) >= 11 is 0. The summed E-state index contributed by atoms with van der Waals surface area (Å²) in [5.74, 6) is -0.896. The van der Waals surface area contributed by atoms with E-state index in [-0.39, 0.29) is 24.5 Å². The number of aromatic nitrogens is 3. The summed E-state index contributed by atoms with van der Waals surface area (Å²) in [6.45, 7) is 6.84. The maximum absolute atomic E-state index is 16.3. The van der Waals surface area contributed by atoms with E-state index < -0.39 is 31.6 Å². The van der Waals surface area contributed by atoms with Crippen molar-refractivity contribution >= 4 is 31.8 Å². The molecule has 0 saturated carbocycles. The lowest BCUT2D eigenvalue weighted by molar-refractivity contribution is -0.146. The van der Waals surface area contributed by atoms with Gasteiger partial charge < -0.3 is 23.6 Å². The van der Waals surface area contributed by atoms with Crippen LogP contribution >= 0.6 is 0 Å². The van der Waals surface area contributed by atoms with Crippen LogP contribution < -0.4 is 9.80 Å². The number of carbonyl (C=O) groups is 2. The average molecular weight is 670 g/mol. The molecule has 250 valence electrons. The van der Waals surface area contributed by atoms with E-state index in [0.29, 0.717) is 38.4 Å². The number of aliphatic hydroxyl groups is 1. The summed E-state index contributed by atoms with van der Waals surface area (Å²) in [5, 5.41) is 18.8. The van der Waals surface area contributed by atoms with Crippen molar-refractivity contribution < 1.29 is 28.3 Å². The van der Waals surface area contributed by atoms with Crippen molar-refractivity contribution in [2.24, 2.45) is 5.92 Å². The first-order valence-corrected chi connectivity index (χ1v) is 19.4. The van der Waals surface area contributed by atoms with Crippen LogP contribution in [-0.4, -0.2) is 66.4 Å². The maximum Gasteiger partial charge on any atom is 0.414 e. The van der Waals surface area contributed by atoms with E-state index in [2.05, 4.69) is 10.3 Å². The van der Waals surface area contributed by atoms with Crippen LogP contribution in [-0.2, 0) is 33.0 Å². The van der Waals surface area contributed by atoms with Crippen LogP contribution in [0.5, 0.6) is 0 Å². The molecule has 0 bridgehead atoms. The second kappa shape index (κ2) is 12.6. The lowest BCUT2D eigenvalue weighted by atomic mass is 9.82. The SMILES string of the molecule is C[C@@H]1[C@@H]([Si](C)(C)F)[C@H](CCn2cc(C(CO)c3ccccc3)nn2)O[C@@]12C(=O)N(Cc1ccc(N3CCOC3=O)cc1)c1ccccc12. The van der Waals surface area contributed by atoms with Crippen molar-refractivity contribution in [2.75, 3.05) is 29.6 Å². The number of amides is 2. The van der Waals surface area contributed by atoms with E-state index in [0.717, 1.165) is 28.1 Å². The molecule has 3 aromatic carbocycles. The Balaban J connectivity index is 1.13. The van der Waals surface area contributed by atoms with Gasteiger partial charge in [-0.25, -0.2) is 4.79 Å². The quantitative estimate of drug-likeness (QED) is 0.169. The maximum atomic E-state index is 16.3. The average Bonchev–Trinajstić information content (AvgIpc) is 3.85. The number of hydrogen-bond donors (Lipinski definition) is 1. The highest BCUT2D eigenvalue weighted by Crippen LogP contribution is 2.60. The molecule has 3 aliphatic heterocycles. The number of para-hydroxylation sites is 1. The van der Waals surface area contributed by atoms with E-state index in [4.69, 9.17) is 9.47 Å². The van der Waals surface area contributed by atoms with Crippen LogP contribution in [0, 0.1) is 5.92 Å². The van der Waals surface area contributed by atoms with Gasteiger partial charge >= 0.3 is 6.09 Å². The third kappa shape index (κ3) is 5.51. The molecule has 2 amide bonds. The molecule has 4 aromatic rings. The summed E-state index contributed by atoms with van der Waals surface area (Å²) in [6.07, 6.45) is 1.39. The van der Waals surface area contributed by atoms with Gasteiger partial charge in [0.1, 0.15) is 6.61 Å². The van der Waals surface area contributed by atoms with Gasteiger partial charge in [-0.2, -0.15) is 0 Å². The molecule has 3 aliphatic rings. The first kappa shape index (κ1) is 32.2. The van der Waals surface area contributed by atoms with Crippen molar-refractivity contribution in [3.05, 3.63) is 107 Å². The fraction of sp³-hybridized carbons (Fsp3) is 0.389. The van der Waals surface area contributed by atoms with Gasteiger partial charge in [0.2, 0.25) is 8.41 Å². The number of carbonyl (C=O) groups excluding carboxylic acids is 2. The minimum absolute atomic E-state index is 0.104. The third-order valence-corrected chi connectivity index (χ3v) is 12.6. The number of hydrogen-bond acceptors (Lipinski definition) is 7. The number of aryl methyl sites for hydroxylation is 1. The van der Waals surface area contributed by atoms with E-state index in [9.17, 15) is 14.7 Å². The van der Waals surface area contributed by atoms with Crippen molar-refractivity contribution in [3.63, 3.8) is 0 Å². The fourth-order valence-corrected chi connectivity index (χ4v) is 10.5. The van der Waals surface area contributed by atoms with Crippen molar-refractivity contribution in [2.45, 2.75) is 62.7 Å². The number of benzene rings is 3. The normalized spacial score (nSPS) is 24.4. The largest absolute Gasteiger partial charge is 0.447 e. The van der Waals surface area contributed by atoms with Crippen molar-refractivity contribution in [1.29, 1.82) is 0 Å². The number of halogens is 1. The number of aliphatic hydroxyl groups excluding tert-OH is 1. The van der Waals surface area contributed by atoms with Crippen molar-refractivity contribution in [1.82, 2.24) is 15.0 Å². The highest BCUT2D eigenvalue weighted by molar-refractivity contribution is 6.72. The number of nitrogens with zero attached hydrogens (tertiary/aromatic N) is 5. The topological polar surface area (TPSA) is 110 Å². The Morgan fingerprint density at radius 2 is 1.77 bits per heavy atom. The van der Waals surface area contributed by atoms with Gasteiger partial charge in [0.05, 0.1) is 43.1 Å². The van der Waals surface area contributed by atoms with E-state index in [1.165, 1.54) is 0 Å². The molecule has 2 saturated heterocycles. The summed E-state index contributed by atoms with van der Waals surface area (Å²) < 4.78 is 29.9. The second-order valence-corrected chi connectivity index (χ2v) is 17.2. The number of rotatable bonds is 10. The Bertz CT molecular complexity index is 1800. The Morgan fingerprint density at radius 1 is 1.04 bits per heavy atom. The number of cyclic esters (lactones) is 1. The van der Waals surface area contributed by atoms with Crippen molar-refractivity contribution in [3.8, 4) is 0 Å². The lowest BCUT2D eigenvalue weighted by Crippen LogP contribution is -2.45. The lowest BCUT2D eigenvalue weighted by Gasteiger charge is -2.31. The van der Waals surface area contributed by atoms with Gasteiger partial charge in [0.25, 0.3) is 5.91 Å². The molecule has 4 heterocycles. The summed E-state index contributed by atoms with van der Waals surface area (Å²) in [4.78, 5) is 30.0. The predicted octanol–water partition coefficient (Wildman–Crippen LogP) is 5.77. The number of ether oxygens (including phenoxy) is 2. The Hall–Kier alpha value is -4.39. The standard InChI is InChI=1S/C36H40FN5O5Si/c1-24-33(48(2,3)37)32(17-18-40-22-30(38-39-40)28(23-43)26-9-5-4-6-10-26)47-36(24)29-11-7-8-12-31(29)42(34(36)44)21-25-13-15-27(16-14-25)41-19-20-46-35(41)45/h4-16,22,24,28,32-33,43H,17-21,23H2,1-3H3/t24-,28?,32+,33-,36+/m1/s1. The van der Waals surface area contributed by atoms with Crippen LogP contribution in [0.2, 0.25) is 18.6 Å². The first-order chi connectivity index (χ1) is 23.1. The van der Waals surface area contributed by atoms with Gasteiger partial charge in [-0.3, -0.25) is 14.4 Å². The number of fused-ring (bicyclic) bond motifs is 2. The molecular formula is C36H40FN5O5Si. The molecule has 48 heavy (non-hydrogen) atoms. The molecular weight excluding hydrogens is 630 g/mol. The summed E-state index contributed by atoms with van der Waals surface area (Å²) in [6, 6.07) is 24.9. The van der Waals surface area contributed by atoms with Crippen LogP contribution in [0.15, 0.2) is 85.1 Å². The van der Waals surface area contributed by atoms with E-state index in [1.807, 2.05) is 92.0 Å². The van der Waals surface area contributed by atoms with Gasteiger partial charge in [0, 0.05) is 35.5 Å². The molecule has 12 heteroatoms. The highest BCUT2D eigenvalue weighted by atomic mass is 28.4. The van der Waals surface area contributed by atoms with E-state index >= 15 is 4.11 Å². The molecule has 0 radical (unpaired) electrons. The second-order valence-electron chi connectivity index (χ2n) is 13.5. The van der Waals surface area contributed by atoms with Crippen LogP contribution in [0.3, 0.4) is 0 Å². The molecule has 10 nitrogen and oxygen atoms in total. The molecule has 7 rings (SSSR count). The summed E-state index contributed by atoms with van der Waals surface area (Å²) in [7, 11) is -3.33. The van der Waals surface area contributed by atoms with Gasteiger partial charge in [-0.15, -0.1) is 5.10 Å². The Morgan fingerprint density at radius 3 is 2.46 bits per heavy atom. The molecule has 1 unspecified atom stereocenters. The van der Waals surface area contributed by atoms with Gasteiger partial charge in [-0.1, -0.05) is 72.8 Å². The Labute approximate surface area is 280 Å². The molecule has 5 atom stereocenters. The minimum Gasteiger partial charge on any atom is -0.447 e. The van der Waals surface area contributed by atoms with E-state index in [1.54, 1.807) is 27.6 Å². The predicted molar refractivity (Wildman–Crippen MR) is 181 cm³/mol. The zero-order valence-corrected chi connectivity index (χ0v) is 28.3. The van der Waals surface area contributed by atoms with Crippen LogP contribution in [0.4, 0.5) is 20.3 Å². The smallest absolute Gasteiger partial charge is 0.414 e. The fourth-order valence-electron chi connectivity index (χ4n) is 7.92. The van der Waals surface area contributed by atoms with Crippen LogP contribution in [0.25, 0.3) is 0 Å². The first-order valence-electron chi connectivity index (χ1n) is 16.5. The monoisotopic (exact) mass is 669 g/mol. The highest BCUT2D eigenvalue weighted by Gasteiger charge is 2.66.